The molecule has 0 radical (unpaired) electrons. The fourth-order valence-corrected chi connectivity index (χ4v) is 2.09. The van der Waals surface area contributed by atoms with Gasteiger partial charge in [-0.25, -0.2) is 0 Å². The molecule has 0 amide bonds. The summed E-state index contributed by atoms with van der Waals surface area (Å²) in [5.41, 5.74) is -0.910. The minimum atomic E-state index is -0.910. The average molecular weight is 194 g/mol. The van der Waals surface area contributed by atoms with Gasteiger partial charge >= 0.3 is 5.97 Å². The van der Waals surface area contributed by atoms with Gasteiger partial charge in [0.1, 0.15) is 0 Å². The van der Waals surface area contributed by atoms with Gasteiger partial charge in [-0.2, -0.15) is 0 Å². The predicted molar refractivity (Wildman–Crippen MR) is 51.7 cm³/mol. The second-order valence-electron chi connectivity index (χ2n) is 4.11. The van der Waals surface area contributed by atoms with Crippen molar-refractivity contribution in [1.82, 2.24) is 0 Å². The molecule has 0 aromatic heterocycles. The quantitative estimate of drug-likeness (QED) is 0.712. The second-order valence-corrected chi connectivity index (χ2v) is 4.11. The number of carboxylic acid groups (broad SMARTS) is 1. The number of allylic oxidation sites excluding steroid dienone is 2. The molecule has 0 aromatic carbocycles. The maximum atomic E-state index is 10.6. The van der Waals surface area contributed by atoms with Crippen LogP contribution in [0.3, 0.4) is 0 Å². The van der Waals surface area contributed by atoms with Gasteiger partial charge in [-0.1, -0.05) is 24.3 Å². The van der Waals surface area contributed by atoms with Crippen LogP contribution >= 0.6 is 0 Å². The largest absolute Gasteiger partial charge is 0.481 e. The predicted octanol–water partition coefficient (Wildman–Crippen LogP) is 1.34. The third-order valence-electron chi connectivity index (χ3n) is 3.04. The van der Waals surface area contributed by atoms with Crippen LogP contribution in [0.5, 0.6) is 0 Å². The SMILES string of the molecule is O=C(O)CC1C=CC=CC1(O)C1CC1. The Bertz CT molecular complexity index is 302. The lowest BCUT2D eigenvalue weighted by Crippen LogP contribution is -2.39. The summed E-state index contributed by atoms with van der Waals surface area (Å²) in [6.45, 7) is 0. The summed E-state index contributed by atoms with van der Waals surface area (Å²) in [5, 5.41) is 19.0. The van der Waals surface area contributed by atoms with Crippen molar-refractivity contribution in [2.75, 3.05) is 0 Å². The van der Waals surface area contributed by atoms with Gasteiger partial charge in [0.2, 0.25) is 0 Å². The van der Waals surface area contributed by atoms with E-state index in [1.54, 1.807) is 18.2 Å². The highest BCUT2D eigenvalue weighted by Crippen LogP contribution is 2.47. The van der Waals surface area contributed by atoms with Crippen molar-refractivity contribution in [1.29, 1.82) is 0 Å². The number of carboxylic acids is 1. The van der Waals surface area contributed by atoms with Crippen LogP contribution in [0.4, 0.5) is 0 Å². The van der Waals surface area contributed by atoms with Crippen LogP contribution in [0.2, 0.25) is 0 Å². The Labute approximate surface area is 82.7 Å². The van der Waals surface area contributed by atoms with Crippen molar-refractivity contribution in [2.45, 2.75) is 24.9 Å². The summed E-state index contributed by atoms with van der Waals surface area (Å²) in [4.78, 5) is 10.6. The first kappa shape index (κ1) is 9.46. The Balaban J connectivity index is 2.16. The van der Waals surface area contributed by atoms with Crippen molar-refractivity contribution in [2.24, 2.45) is 11.8 Å². The summed E-state index contributed by atoms with van der Waals surface area (Å²) in [6, 6.07) is 0. The maximum absolute atomic E-state index is 10.6. The van der Waals surface area contributed by atoms with Crippen molar-refractivity contribution in [3.05, 3.63) is 24.3 Å². The monoisotopic (exact) mass is 194 g/mol. The highest BCUT2D eigenvalue weighted by Gasteiger charge is 2.47. The number of hydrogen-bond acceptors (Lipinski definition) is 2. The zero-order valence-electron chi connectivity index (χ0n) is 7.89. The van der Waals surface area contributed by atoms with Gasteiger partial charge in [-0.15, -0.1) is 0 Å². The molecule has 0 aliphatic heterocycles. The highest BCUT2D eigenvalue weighted by atomic mass is 16.4. The first-order valence-electron chi connectivity index (χ1n) is 4.93. The molecule has 2 rings (SSSR count). The van der Waals surface area contributed by atoms with Crippen LogP contribution in [0.25, 0.3) is 0 Å². The molecule has 2 atom stereocenters. The summed E-state index contributed by atoms with van der Waals surface area (Å²) in [5.74, 6) is -0.862. The molecule has 0 bridgehead atoms. The van der Waals surface area contributed by atoms with Crippen LogP contribution in [-0.4, -0.2) is 21.8 Å². The first-order chi connectivity index (χ1) is 6.63. The van der Waals surface area contributed by atoms with Crippen LogP contribution < -0.4 is 0 Å². The van der Waals surface area contributed by atoms with E-state index in [4.69, 9.17) is 5.11 Å². The van der Waals surface area contributed by atoms with Crippen LogP contribution in [0.1, 0.15) is 19.3 Å². The molecule has 0 saturated heterocycles. The van der Waals surface area contributed by atoms with Crippen molar-refractivity contribution in [3.63, 3.8) is 0 Å². The van der Waals surface area contributed by atoms with Crippen LogP contribution in [0.15, 0.2) is 24.3 Å². The number of carbonyl (C=O) groups is 1. The Morgan fingerprint density at radius 2 is 2.14 bits per heavy atom. The van der Waals surface area contributed by atoms with E-state index in [0.29, 0.717) is 0 Å². The van der Waals surface area contributed by atoms with E-state index in [-0.39, 0.29) is 18.3 Å². The van der Waals surface area contributed by atoms with Crippen molar-refractivity contribution < 1.29 is 15.0 Å². The maximum Gasteiger partial charge on any atom is 0.304 e. The molecule has 3 heteroatoms. The van der Waals surface area contributed by atoms with E-state index >= 15 is 0 Å². The molecule has 1 saturated carbocycles. The zero-order chi connectivity index (χ0) is 10.2. The molecule has 0 heterocycles. The normalized spacial score (nSPS) is 35.9. The fraction of sp³-hybridized carbons (Fsp3) is 0.545. The summed E-state index contributed by atoms with van der Waals surface area (Å²) < 4.78 is 0. The van der Waals surface area contributed by atoms with Crippen molar-refractivity contribution in [3.8, 4) is 0 Å². The van der Waals surface area contributed by atoms with E-state index in [1.165, 1.54) is 0 Å². The standard InChI is InChI=1S/C11H14O3/c12-10(13)7-9-3-1-2-6-11(9,14)8-4-5-8/h1-3,6,8-9,14H,4-5,7H2,(H,12,13). The Morgan fingerprint density at radius 1 is 1.43 bits per heavy atom. The van der Waals surface area contributed by atoms with Crippen LogP contribution in [0, 0.1) is 11.8 Å². The van der Waals surface area contributed by atoms with Gasteiger partial charge in [-0.05, 0) is 18.8 Å². The molecule has 76 valence electrons. The molecule has 0 aromatic rings. The van der Waals surface area contributed by atoms with E-state index in [2.05, 4.69) is 0 Å². The lowest BCUT2D eigenvalue weighted by atomic mass is 9.78. The van der Waals surface area contributed by atoms with Gasteiger partial charge in [0.15, 0.2) is 0 Å². The highest BCUT2D eigenvalue weighted by molar-refractivity contribution is 5.68. The average Bonchev–Trinajstić information content (AvgIpc) is 2.91. The molecular formula is C11H14O3. The molecule has 3 nitrogen and oxygen atoms in total. The minimum Gasteiger partial charge on any atom is -0.481 e. The molecule has 2 aliphatic rings. The van der Waals surface area contributed by atoms with E-state index < -0.39 is 11.6 Å². The molecule has 2 aliphatic carbocycles. The number of aliphatic carboxylic acids is 1. The molecule has 2 N–H and O–H groups in total. The summed E-state index contributed by atoms with van der Waals surface area (Å²) in [6.07, 6.45) is 9.18. The molecule has 14 heavy (non-hydrogen) atoms. The number of aliphatic hydroxyl groups is 1. The third kappa shape index (κ3) is 1.60. The van der Waals surface area contributed by atoms with E-state index in [1.807, 2.05) is 6.08 Å². The molecule has 2 unspecified atom stereocenters. The lowest BCUT2D eigenvalue weighted by molar-refractivity contribution is -0.139. The summed E-state index contributed by atoms with van der Waals surface area (Å²) in [7, 11) is 0. The molecule has 1 fully saturated rings. The van der Waals surface area contributed by atoms with E-state index in [9.17, 15) is 9.90 Å². The van der Waals surface area contributed by atoms with Crippen molar-refractivity contribution >= 4 is 5.97 Å². The third-order valence-corrected chi connectivity index (χ3v) is 3.04. The van der Waals surface area contributed by atoms with Gasteiger partial charge in [-0.3, -0.25) is 4.79 Å². The topological polar surface area (TPSA) is 57.5 Å². The van der Waals surface area contributed by atoms with Gasteiger partial charge in [0.05, 0.1) is 12.0 Å². The number of rotatable bonds is 3. The smallest absolute Gasteiger partial charge is 0.304 e. The molecule has 0 spiro atoms. The van der Waals surface area contributed by atoms with E-state index in [0.717, 1.165) is 12.8 Å². The minimum absolute atomic E-state index is 0.00778. The molecular weight excluding hydrogens is 180 g/mol. The second kappa shape index (κ2) is 3.24. The number of hydrogen-bond donors (Lipinski definition) is 2. The Hall–Kier alpha value is -1.09. The van der Waals surface area contributed by atoms with Crippen LogP contribution in [-0.2, 0) is 4.79 Å². The first-order valence-corrected chi connectivity index (χ1v) is 4.93. The zero-order valence-corrected chi connectivity index (χ0v) is 7.89. The van der Waals surface area contributed by atoms with Gasteiger partial charge in [0, 0.05) is 5.92 Å². The lowest BCUT2D eigenvalue weighted by Gasteiger charge is -2.33. The Kier molecular flexibility index (Phi) is 2.19. The van der Waals surface area contributed by atoms with Gasteiger partial charge < -0.3 is 10.2 Å². The fourth-order valence-electron chi connectivity index (χ4n) is 2.09. The Morgan fingerprint density at radius 3 is 2.71 bits per heavy atom. The van der Waals surface area contributed by atoms with Gasteiger partial charge in [0.25, 0.3) is 0 Å². The summed E-state index contributed by atoms with van der Waals surface area (Å²) >= 11 is 0.